The van der Waals surface area contributed by atoms with Crippen molar-refractivity contribution in [2.24, 2.45) is 0 Å². The number of hydrogen-bond acceptors (Lipinski definition) is 6. The van der Waals surface area contributed by atoms with E-state index in [4.69, 9.17) is 9.47 Å². The number of fused-ring (bicyclic) bond motifs is 3. The second kappa shape index (κ2) is 8.09. The highest BCUT2D eigenvalue weighted by atomic mass is 32.2. The van der Waals surface area contributed by atoms with Crippen LogP contribution in [0.5, 0.6) is 17.2 Å². The van der Waals surface area contributed by atoms with Crippen LogP contribution in [-0.2, 0) is 10.0 Å². The zero-order valence-electron chi connectivity index (χ0n) is 17.1. The molecule has 0 radical (unpaired) electrons. The molecule has 0 spiro atoms. The van der Waals surface area contributed by atoms with Crippen LogP contribution in [0.2, 0.25) is 0 Å². The summed E-state index contributed by atoms with van der Waals surface area (Å²) in [4.78, 5) is 11.6. The molecule has 0 bridgehead atoms. The first-order valence-corrected chi connectivity index (χ1v) is 11.3. The molecular formula is C22H22N2O6S. The summed E-state index contributed by atoms with van der Waals surface area (Å²) in [6.07, 6.45) is 2.01. The van der Waals surface area contributed by atoms with Crippen LogP contribution in [-0.4, -0.2) is 33.1 Å². The third-order valence-electron chi connectivity index (χ3n) is 5.04. The Labute approximate surface area is 179 Å². The van der Waals surface area contributed by atoms with E-state index in [0.717, 1.165) is 35.4 Å². The standard InChI is InChI=1S/C22H22N2O6S/c1-3-4-7-29-15-6-5-13-9-18-19(10-14(13)8-15)30-20-12-16(31(27,28)23-2)11-17(22(25)26)21(20)24-18/h5-6,8-12,23-24H,3-4,7H2,1-2H3,(H,25,26). The van der Waals surface area contributed by atoms with E-state index in [1.165, 1.54) is 13.1 Å². The molecule has 0 saturated heterocycles. The van der Waals surface area contributed by atoms with Crippen LogP contribution in [0, 0.1) is 0 Å². The predicted octanol–water partition coefficient (Wildman–Crippen LogP) is 4.47. The molecule has 3 N–H and O–H groups in total. The number of nitrogens with one attached hydrogen (secondary N) is 2. The number of carboxylic acids is 1. The molecule has 162 valence electrons. The largest absolute Gasteiger partial charge is 0.494 e. The molecule has 4 rings (SSSR count). The average Bonchev–Trinajstić information content (AvgIpc) is 2.75. The third kappa shape index (κ3) is 4.01. The van der Waals surface area contributed by atoms with Crippen molar-refractivity contribution in [3.63, 3.8) is 0 Å². The van der Waals surface area contributed by atoms with Gasteiger partial charge in [-0.05, 0) is 54.6 Å². The van der Waals surface area contributed by atoms with Gasteiger partial charge in [-0.2, -0.15) is 0 Å². The summed E-state index contributed by atoms with van der Waals surface area (Å²) in [7, 11) is -2.59. The Morgan fingerprint density at radius 1 is 1.13 bits per heavy atom. The molecule has 1 aliphatic heterocycles. The molecule has 0 atom stereocenters. The molecule has 0 amide bonds. The second-order valence-electron chi connectivity index (χ2n) is 7.14. The van der Waals surface area contributed by atoms with Gasteiger partial charge in [-0.3, -0.25) is 0 Å². The number of carbonyl (C=O) groups is 1. The van der Waals surface area contributed by atoms with Crippen molar-refractivity contribution in [1.82, 2.24) is 4.72 Å². The number of sulfonamides is 1. The highest BCUT2D eigenvalue weighted by Gasteiger charge is 2.27. The van der Waals surface area contributed by atoms with Crippen LogP contribution in [0.15, 0.2) is 47.4 Å². The summed E-state index contributed by atoms with van der Waals surface area (Å²) >= 11 is 0. The van der Waals surface area contributed by atoms with Crippen molar-refractivity contribution in [2.75, 3.05) is 19.0 Å². The molecule has 0 fully saturated rings. The Kier molecular flexibility index (Phi) is 5.47. The Morgan fingerprint density at radius 2 is 1.94 bits per heavy atom. The molecule has 0 aliphatic carbocycles. The average molecular weight is 442 g/mol. The third-order valence-corrected chi connectivity index (χ3v) is 6.44. The number of rotatable bonds is 7. The SMILES string of the molecule is CCCCOc1ccc2cc3c(cc2c1)Oc1cc(S(=O)(=O)NC)cc(C(=O)O)c1N3. The van der Waals surface area contributed by atoms with Crippen LogP contribution in [0.4, 0.5) is 11.4 Å². The summed E-state index contributed by atoms with van der Waals surface area (Å²) in [5, 5.41) is 14.5. The highest BCUT2D eigenvalue weighted by Crippen LogP contribution is 2.46. The molecule has 31 heavy (non-hydrogen) atoms. The van der Waals surface area contributed by atoms with E-state index in [2.05, 4.69) is 17.0 Å². The molecule has 9 heteroatoms. The van der Waals surface area contributed by atoms with E-state index in [0.29, 0.717) is 18.0 Å². The Balaban J connectivity index is 1.76. The number of aromatic carboxylic acids is 1. The quantitative estimate of drug-likeness (QED) is 0.362. The number of ether oxygens (including phenoxy) is 2. The normalized spacial score (nSPS) is 12.5. The van der Waals surface area contributed by atoms with Gasteiger partial charge >= 0.3 is 5.97 Å². The van der Waals surface area contributed by atoms with Crippen LogP contribution in [0.1, 0.15) is 30.1 Å². The number of benzene rings is 3. The van der Waals surface area contributed by atoms with Gasteiger partial charge in [0.05, 0.1) is 28.4 Å². The lowest BCUT2D eigenvalue weighted by atomic mass is 10.1. The fourth-order valence-corrected chi connectivity index (χ4v) is 4.13. The van der Waals surface area contributed by atoms with Crippen molar-refractivity contribution >= 4 is 38.1 Å². The number of unbranched alkanes of at least 4 members (excludes halogenated alkanes) is 1. The molecule has 0 unspecified atom stereocenters. The van der Waals surface area contributed by atoms with Gasteiger partial charge < -0.3 is 19.9 Å². The monoisotopic (exact) mass is 442 g/mol. The molecule has 0 saturated carbocycles. The Morgan fingerprint density at radius 3 is 2.65 bits per heavy atom. The lowest BCUT2D eigenvalue weighted by Gasteiger charge is -2.24. The first-order chi connectivity index (χ1) is 14.8. The summed E-state index contributed by atoms with van der Waals surface area (Å²) in [6.45, 7) is 2.74. The highest BCUT2D eigenvalue weighted by molar-refractivity contribution is 7.89. The molecule has 3 aromatic carbocycles. The van der Waals surface area contributed by atoms with E-state index in [1.807, 2.05) is 30.3 Å². The fraction of sp³-hybridized carbons (Fsp3) is 0.227. The maximum Gasteiger partial charge on any atom is 0.338 e. The van der Waals surface area contributed by atoms with Gasteiger partial charge in [-0.15, -0.1) is 0 Å². The molecule has 1 aliphatic rings. The van der Waals surface area contributed by atoms with Gasteiger partial charge in [-0.1, -0.05) is 19.4 Å². The van der Waals surface area contributed by atoms with E-state index < -0.39 is 16.0 Å². The fourth-order valence-electron chi connectivity index (χ4n) is 3.36. The summed E-state index contributed by atoms with van der Waals surface area (Å²) in [5.41, 5.74) is 0.594. The molecule has 1 heterocycles. The van der Waals surface area contributed by atoms with Crippen LogP contribution in [0.3, 0.4) is 0 Å². The van der Waals surface area contributed by atoms with Gasteiger partial charge in [0.25, 0.3) is 0 Å². The second-order valence-corrected chi connectivity index (χ2v) is 9.03. The van der Waals surface area contributed by atoms with Crippen LogP contribution < -0.4 is 19.5 Å². The van der Waals surface area contributed by atoms with Gasteiger partial charge in [-0.25, -0.2) is 17.9 Å². The zero-order chi connectivity index (χ0) is 22.2. The van der Waals surface area contributed by atoms with Gasteiger partial charge in [0.15, 0.2) is 11.5 Å². The first-order valence-electron chi connectivity index (χ1n) is 9.82. The lowest BCUT2D eigenvalue weighted by molar-refractivity contribution is 0.0697. The predicted molar refractivity (Wildman–Crippen MR) is 117 cm³/mol. The minimum Gasteiger partial charge on any atom is -0.494 e. The van der Waals surface area contributed by atoms with Crippen molar-refractivity contribution in [2.45, 2.75) is 24.7 Å². The van der Waals surface area contributed by atoms with Crippen molar-refractivity contribution in [3.05, 3.63) is 48.0 Å². The van der Waals surface area contributed by atoms with Crippen molar-refractivity contribution in [1.29, 1.82) is 0 Å². The van der Waals surface area contributed by atoms with E-state index in [1.54, 1.807) is 0 Å². The minimum atomic E-state index is -3.85. The van der Waals surface area contributed by atoms with Crippen LogP contribution >= 0.6 is 0 Å². The van der Waals surface area contributed by atoms with E-state index in [9.17, 15) is 18.3 Å². The Bertz CT molecular complexity index is 1290. The number of hydrogen-bond donors (Lipinski definition) is 3. The number of anilines is 2. The maximum absolute atomic E-state index is 12.2. The van der Waals surface area contributed by atoms with E-state index in [-0.39, 0.29) is 21.9 Å². The number of carboxylic acid groups (broad SMARTS) is 1. The zero-order valence-corrected chi connectivity index (χ0v) is 17.9. The van der Waals surface area contributed by atoms with Gasteiger partial charge in [0, 0.05) is 6.07 Å². The smallest absolute Gasteiger partial charge is 0.338 e. The van der Waals surface area contributed by atoms with E-state index >= 15 is 0 Å². The van der Waals surface area contributed by atoms with Gasteiger partial charge in [0.1, 0.15) is 5.75 Å². The molecule has 8 nitrogen and oxygen atoms in total. The first kappa shape index (κ1) is 21.0. The van der Waals surface area contributed by atoms with Crippen molar-refractivity contribution < 1.29 is 27.8 Å². The lowest BCUT2D eigenvalue weighted by Crippen LogP contribution is -2.20. The maximum atomic E-state index is 12.2. The summed E-state index contributed by atoms with van der Waals surface area (Å²) < 4.78 is 38.4. The van der Waals surface area contributed by atoms with Crippen molar-refractivity contribution in [3.8, 4) is 17.2 Å². The Hall–Kier alpha value is -3.30. The topological polar surface area (TPSA) is 114 Å². The minimum absolute atomic E-state index is 0.121. The van der Waals surface area contributed by atoms with Crippen LogP contribution in [0.25, 0.3) is 10.8 Å². The molecule has 0 aromatic heterocycles. The molecule has 3 aromatic rings. The molecular weight excluding hydrogens is 420 g/mol. The summed E-state index contributed by atoms with van der Waals surface area (Å²) in [5.74, 6) is 0.0659. The summed E-state index contributed by atoms with van der Waals surface area (Å²) in [6, 6.07) is 11.8. The van der Waals surface area contributed by atoms with Gasteiger partial charge in [0.2, 0.25) is 10.0 Å².